The van der Waals surface area contributed by atoms with E-state index in [4.69, 9.17) is 4.98 Å². The minimum Gasteiger partial charge on any atom is -0.309 e. The number of aromatic nitrogens is 3. The maximum Gasteiger partial charge on any atom is 0.0715 e. The second-order valence-corrected chi connectivity index (χ2v) is 17.6. The third-order valence-electron chi connectivity index (χ3n) is 13.5. The number of para-hydroxylation sites is 2. The van der Waals surface area contributed by atoms with E-state index < -0.39 is 0 Å². The first-order valence-electron chi connectivity index (χ1n) is 23.3. The third kappa shape index (κ3) is 6.88. The minimum atomic E-state index is 0.952. The number of rotatable bonds is 8. The van der Waals surface area contributed by atoms with Gasteiger partial charge < -0.3 is 9.13 Å². The topological polar surface area (TPSA) is 22.8 Å². The van der Waals surface area contributed by atoms with Crippen molar-refractivity contribution in [1.82, 2.24) is 14.1 Å². The van der Waals surface area contributed by atoms with Crippen molar-refractivity contribution >= 4 is 43.6 Å². The first kappa shape index (κ1) is 39.3. The van der Waals surface area contributed by atoms with Gasteiger partial charge in [-0.2, -0.15) is 0 Å². The van der Waals surface area contributed by atoms with Gasteiger partial charge in [0.1, 0.15) is 0 Å². The smallest absolute Gasteiger partial charge is 0.0715 e. The Morgan fingerprint density at radius 2 is 0.618 bits per heavy atom. The number of benzene rings is 10. The lowest BCUT2D eigenvalue weighted by Crippen LogP contribution is -1.96. The molecule has 0 saturated heterocycles. The molecule has 3 aromatic heterocycles. The summed E-state index contributed by atoms with van der Waals surface area (Å²) in [5, 5.41) is 4.90. The Labute approximate surface area is 395 Å². The standard InChI is InChI=1S/C65H43N3/c1-5-18-44(19-6-1)51-36-52(45-20-7-2-8-21-45)39-55(38-51)68-62-30-15-13-28-56(62)58-34-32-50(43-65(58)68)49-33-35-64-59(40-49)57-29-14-16-31-63(57)67(64)54-27-17-26-48(37-54)53-41-60(46-22-9-3-10-23-46)66-61(42-53)47-24-11-4-12-25-47/h1-43H. The fourth-order valence-corrected chi connectivity index (χ4v) is 10.2. The first-order chi connectivity index (χ1) is 33.7. The van der Waals surface area contributed by atoms with Crippen molar-refractivity contribution in [3.63, 3.8) is 0 Å². The molecule has 318 valence electrons. The fourth-order valence-electron chi connectivity index (χ4n) is 10.2. The van der Waals surface area contributed by atoms with Gasteiger partial charge in [0.25, 0.3) is 0 Å². The number of hydrogen-bond donors (Lipinski definition) is 0. The molecule has 0 atom stereocenters. The second-order valence-electron chi connectivity index (χ2n) is 17.6. The van der Waals surface area contributed by atoms with Crippen LogP contribution >= 0.6 is 0 Å². The van der Waals surface area contributed by atoms with Gasteiger partial charge >= 0.3 is 0 Å². The third-order valence-corrected chi connectivity index (χ3v) is 13.5. The largest absolute Gasteiger partial charge is 0.309 e. The molecule has 3 nitrogen and oxygen atoms in total. The van der Waals surface area contributed by atoms with Crippen molar-refractivity contribution < 1.29 is 0 Å². The van der Waals surface area contributed by atoms with Gasteiger partial charge in [-0.05, 0) is 117 Å². The van der Waals surface area contributed by atoms with Crippen LogP contribution in [0.3, 0.4) is 0 Å². The van der Waals surface area contributed by atoms with E-state index >= 15 is 0 Å². The van der Waals surface area contributed by atoms with E-state index in [1.807, 2.05) is 0 Å². The molecule has 0 unspecified atom stereocenters. The molecule has 0 aliphatic carbocycles. The van der Waals surface area contributed by atoms with Crippen LogP contribution in [0.15, 0.2) is 261 Å². The summed E-state index contributed by atoms with van der Waals surface area (Å²) < 4.78 is 4.87. The average molecular weight is 866 g/mol. The summed E-state index contributed by atoms with van der Waals surface area (Å²) >= 11 is 0. The van der Waals surface area contributed by atoms with E-state index in [0.29, 0.717) is 0 Å². The predicted molar refractivity (Wildman–Crippen MR) is 286 cm³/mol. The minimum absolute atomic E-state index is 0.952. The van der Waals surface area contributed by atoms with Gasteiger partial charge in [-0.1, -0.05) is 188 Å². The van der Waals surface area contributed by atoms with Crippen LogP contribution in [0.4, 0.5) is 0 Å². The van der Waals surface area contributed by atoms with Crippen molar-refractivity contribution in [2.45, 2.75) is 0 Å². The summed E-state index contributed by atoms with van der Waals surface area (Å²) in [4.78, 5) is 5.16. The number of hydrogen-bond acceptors (Lipinski definition) is 1. The molecule has 0 N–H and O–H groups in total. The molecule has 0 radical (unpaired) electrons. The van der Waals surface area contributed by atoms with Crippen LogP contribution in [-0.4, -0.2) is 14.1 Å². The quantitative estimate of drug-likeness (QED) is 0.149. The maximum absolute atomic E-state index is 5.16. The van der Waals surface area contributed by atoms with Gasteiger partial charge in [0, 0.05) is 44.0 Å². The highest BCUT2D eigenvalue weighted by atomic mass is 15.0. The zero-order valence-electron chi connectivity index (χ0n) is 37.2. The molecule has 0 bridgehead atoms. The Kier molecular flexibility index (Phi) is 9.50. The van der Waals surface area contributed by atoms with Gasteiger partial charge in [0.05, 0.1) is 33.5 Å². The maximum atomic E-state index is 5.16. The summed E-state index contributed by atoms with van der Waals surface area (Å²) in [5.41, 5.74) is 20.4. The van der Waals surface area contributed by atoms with Crippen molar-refractivity contribution in [2.75, 3.05) is 0 Å². The van der Waals surface area contributed by atoms with Crippen molar-refractivity contribution in [3.05, 3.63) is 261 Å². The fraction of sp³-hybridized carbons (Fsp3) is 0. The molecule has 13 rings (SSSR count). The van der Waals surface area contributed by atoms with Gasteiger partial charge in [0.2, 0.25) is 0 Å². The molecule has 0 aliphatic heterocycles. The molecular weight excluding hydrogens is 823 g/mol. The highest BCUT2D eigenvalue weighted by Gasteiger charge is 2.18. The summed E-state index contributed by atoms with van der Waals surface area (Å²) in [6.45, 7) is 0. The lowest BCUT2D eigenvalue weighted by atomic mass is 9.98. The Morgan fingerprint density at radius 1 is 0.206 bits per heavy atom. The lowest BCUT2D eigenvalue weighted by Gasteiger charge is -2.14. The van der Waals surface area contributed by atoms with Crippen molar-refractivity contribution in [1.29, 1.82) is 0 Å². The Hall–Kier alpha value is -9.05. The Balaban J connectivity index is 0.951. The van der Waals surface area contributed by atoms with Crippen molar-refractivity contribution in [2.24, 2.45) is 0 Å². The van der Waals surface area contributed by atoms with Gasteiger partial charge in [-0.3, -0.25) is 0 Å². The van der Waals surface area contributed by atoms with Crippen molar-refractivity contribution in [3.8, 4) is 78.4 Å². The van der Waals surface area contributed by atoms with Crippen LogP contribution in [0.5, 0.6) is 0 Å². The summed E-state index contributed by atoms with van der Waals surface area (Å²) in [6, 6.07) is 94.3. The lowest BCUT2D eigenvalue weighted by molar-refractivity contribution is 1.18. The van der Waals surface area contributed by atoms with Crippen LogP contribution in [0.1, 0.15) is 0 Å². The highest BCUT2D eigenvalue weighted by molar-refractivity contribution is 6.12. The van der Waals surface area contributed by atoms with Crippen LogP contribution in [0.25, 0.3) is 122 Å². The molecule has 10 aromatic carbocycles. The predicted octanol–water partition coefficient (Wildman–Crippen LogP) is 17.3. The molecule has 0 aliphatic rings. The van der Waals surface area contributed by atoms with Gasteiger partial charge in [-0.15, -0.1) is 0 Å². The first-order valence-corrected chi connectivity index (χ1v) is 23.3. The van der Waals surface area contributed by atoms with E-state index in [-0.39, 0.29) is 0 Å². The van der Waals surface area contributed by atoms with Crippen LogP contribution in [0, 0.1) is 0 Å². The number of nitrogens with zero attached hydrogens (tertiary/aromatic N) is 3. The molecule has 0 spiro atoms. The zero-order chi connectivity index (χ0) is 45.0. The highest BCUT2D eigenvalue weighted by Crippen LogP contribution is 2.41. The molecule has 13 aromatic rings. The second kappa shape index (κ2) is 16.4. The van der Waals surface area contributed by atoms with Gasteiger partial charge in [0.15, 0.2) is 0 Å². The van der Waals surface area contributed by atoms with E-state index in [1.165, 1.54) is 71.5 Å². The molecule has 0 saturated carbocycles. The van der Waals surface area contributed by atoms with E-state index in [2.05, 4.69) is 270 Å². The summed E-state index contributed by atoms with van der Waals surface area (Å²) in [6.07, 6.45) is 0. The summed E-state index contributed by atoms with van der Waals surface area (Å²) in [5.74, 6) is 0. The molecular formula is C65H43N3. The molecule has 3 heterocycles. The normalized spacial score (nSPS) is 11.5. The van der Waals surface area contributed by atoms with Crippen LogP contribution in [-0.2, 0) is 0 Å². The van der Waals surface area contributed by atoms with E-state index in [0.717, 1.165) is 50.5 Å². The van der Waals surface area contributed by atoms with Crippen LogP contribution in [0.2, 0.25) is 0 Å². The number of pyridine rings is 1. The SMILES string of the molecule is c1ccc(-c2cc(-c3ccccc3)cc(-n3c4ccccc4c4ccc(-c5ccc6c(c5)c5ccccc5n6-c5cccc(-c6cc(-c7ccccc7)nc(-c7ccccc7)c6)c5)cc43)c2)cc1. The monoisotopic (exact) mass is 865 g/mol. The Bertz CT molecular complexity index is 3880. The number of fused-ring (bicyclic) bond motifs is 6. The summed E-state index contributed by atoms with van der Waals surface area (Å²) in [7, 11) is 0. The zero-order valence-corrected chi connectivity index (χ0v) is 37.2. The van der Waals surface area contributed by atoms with E-state index in [9.17, 15) is 0 Å². The Morgan fingerprint density at radius 3 is 1.22 bits per heavy atom. The molecule has 68 heavy (non-hydrogen) atoms. The molecule has 0 fully saturated rings. The molecule has 0 amide bonds. The average Bonchev–Trinajstić information content (AvgIpc) is 3.94. The van der Waals surface area contributed by atoms with Crippen LogP contribution < -0.4 is 0 Å². The molecule has 3 heteroatoms. The van der Waals surface area contributed by atoms with E-state index in [1.54, 1.807) is 0 Å². The van der Waals surface area contributed by atoms with Gasteiger partial charge in [-0.25, -0.2) is 4.98 Å².